The summed E-state index contributed by atoms with van der Waals surface area (Å²) < 4.78 is 4.86. The van der Waals surface area contributed by atoms with E-state index in [9.17, 15) is 0 Å². The van der Waals surface area contributed by atoms with Crippen LogP contribution in [0.1, 0.15) is 67.3 Å². The van der Waals surface area contributed by atoms with Gasteiger partial charge >= 0.3 is 0 Å². The molecule has 5 aromatic heterocycles. The fourth-order valence-corrected chi connectivity index (χ4v) is 10.1. The largest absolute Gasteiger partial charge is 0.310 e. The third-order valence-electron chi connectivity index (χ3n) is 12.9. The second-order valence-corrected chi connectivity index (χ2v) is 16.5. The Morgan fingerprint density at radius 3 is 1.89 bits per heavy atom. The van der Waals surface area contributed by atoms with E-state index in [1.54, 1.807) is 0 Å². The molecule has 5 heterocycles. The summed E-state index contributed by atoms with van der Waals surface area (Å²) in [6, 6.07) is 36.6. The first-order valence-corrected chi connectivity index (χ1v) is 21.9. The van der Waals surface area contributed by atoms with Crippen molar-refractivity contribution in [1.29, 1.82) is 0 Å². The Kier molecular flexibility index (Phi) is 8.91. The molecule has 0 spiro atoms. The zero-order valence-electron chi connectivity index (χ0n) is 34.4. The van der Waals surface area contributed by atoms with E-state index in [0.717, 1.165) is 94.1 Å². The molecule has 0 radical (unpaired) electrons. The number of hydrogen-bond donors (Lipinski definition) is 0. The van der Waals surface area contributed by atoms with Gasteiger partial charge in [0, 0.05) is 67.6 Å². The molecule has 0 atom stereocenters. The van der Waals surface area contributed by atoms with Gasteiger partial charge in [-0.2, -0.15) is 0 Å². The van der Waals surface area contributed by atoms with Crippen molar-refractivity contribution in [3.8, 4) is 45.5 Å². The van der Waals surface area contributed by atoms with Gasteiger partial charge in [-0.15, -0.1) is 0 Å². The molecule has 7 nitrogen and oxygen atoms in total. The molecule has 3 aliphatic rings. The Morgan fingerprint density at radius 1 is 0.468 bits per heavy atom. The minimum absolute atomic E-state index is 0.615. The maximum absolute atomic E-state index is 5.62. The SMILES string of the molecule is C1=CCCC(c2cccc(-c3nc(-c4ccccc4)nc(-c4cccc(C5=CCCCC5)c4-n4c5c(c6ccncc64)C=CCC5)n3)c2-n2c3ccccc3c3ccncc32)=C1. The van der Waals surface area contributed by atoms with Gasteiger partial charge in [-0.1, -0.05) is 109 Å². The number of allylic oxidation sites excluding steroid dienone is 7. The summed E-state index contributed by atoms with van der Waals surface area (Å²) in [5, 5.41) is 3.54. The van der Waals surface area contributed by atoms with Gasteiger partial charge in [0.15, 0.2) is 17.5 Å². The van der Waals surface area contributed by atoms with Crippen LogP contribution in [0.3, 0.4) is 0 Å². The van der Waals surface area contributed by atoms with Crippen LogP contribution in [0, 0.1) is 0 Å². The molecule has 0 N–H and O–H groups in total. The maximum Gasteiger partial charge on any atom is 0.166 e. The molecule has 3 aliphatic carbocycles. The van der Waals surface area contributed by atoms with Crippen LogP contribution in [-0.2, 0) is 6.42 Å². The lowest BCUT2D eigenvalue weighted by Gasteiger charge is -2.23. The monoisotopic (exact) mass is 801 g/mol. The summed E-state index contributed by atoms with van der Waals surface area (Å²) in [6.07, 6.45) is 29.9. The van der Waals surface area contributed by atoms with Crippen molar-refractivity contribution in [3.05, 3.63) is 181 Å². The van der Waals surface area contributed by atoms with Gasteiger partial charge in [0.2, 0.25) is 0 Å². The van der Waals surface area contributed by atoms with Crippen LogP contribution in [0.25, 0.3) is 95.5 Å². The first-order valence-electron chi connectivity index (χ1n) is 21.9. The van der Waals surface area contributed by atoms with Gasteiger partial charge in [0.1, 0.15) is 0 Å². The van der Waals surface area contributed by atoms with Crippen LogP contribution in [-0.4, -0.2) is 34.1 Å². The van der Waals surface area contributed by atoms with E-state index in [2.05, 4.69) is 148 Å². The summed E-state index contributed by atoms with van der Waals surface area (Å²) in [7, 11) is 0. The quantitative estimate of drug-likeness (QED) is 0.160. The molecule has 0 bridgehead atoms. The van der Waals surface area contributed by atoms with Gasteiger partial charge in [0.25, 0.3) is 0 Å². The first-order chi connectivity index (χ1) is 30.8. The Hall–Kier alpha value is -7.51. The standard InChI is InChI=1S/C55H43N7/c1-4-16-36(17-5-1)39-24-14-26-45(51(39)61-47-28-12-10-22-41(47)43-30-32-56-34-49(43)61)54-58-53(38-20-8-3-9-21-38)59-55(60-54)46-27-15-25-40(37-18-6-2-7-19-37)52(46)62-48-29-13-11-23-42(48)44-31-33-57-35-50(44)62/h1,3-4,8-12,14-16,18,20-28,30-35H,2,5-7,13,17,19,29H2. The third-order valence-corrected chi connectivity index (χ3v) is 12.9. The number of fused-ring (bicyclic) bond motifs is 6. The van der Waals surface area contributed by atoms with E-state index < -0.39 is 0 Å². The average molecular weight is 802 g/mol. The van der Waals surface area contributed by atoms with E-state index in [0.29, 0.717) is 17.5 Å². The van der Waals surface area contributed by atoms with Gasteiger partial charge in [-0.05, 0) is 92.8 Å². The Bertz CT molecular complexity index is 3310. The van der Waals surface area contributed by atoms with E-state index in [1.807, 2.05) is 30.9 Å². The maximum atomic E-state index is 5.62. The van der Waals surface area contributed by atoms with E-state index in [-0.39, 0.29) is 0 Å². The highest BCUT2D eigenvalue weighted by atomic mass is 15.1. The fraction of sp³-hybridized carbons (Fsp3) is 0.145. The van der Waals surface area contributed by atoms with Crippen LogP contribution >= 0.6 is 0 Å². The van der Waals surface area contributed by atoms with Gasteiger partial charge in [-0.25, -0.2) is 15.0 Å². The van der Waals surface area contributed by atoms with Crippen molar-refractivity contribution < 1.29 is 0 Å². The van der Waals surface area contributed by atoms with Crippen molar-refractivity contribution in [3.63, 3.8) is 0 Å². The normalized spacial score (nSPS) is 15.0. The Balaban J connectivity index is 1.18. The second kappa shape index (κ2) is 15.2. The molecule has 12 rings (SSSR count). The molecule has 298 valence electrons. The van der Waals surface area contributed by atoms with Crippen molar-refractivity contribution in [2.75, 3.05) is 0 Å². The number of rotatable bonds is 7. The molecule has 9 aromatic rings. The minimum atomic E-state index is 0.615. The first kappa shape index (κ1) is 36.4. The van der Waals surface area contributed by atoms with Crippen LogP contribution in [0.5, 0.6) is 0 Å². The number of hydrogen-bond acceptors (Lipinski definition) is 5. The fourth-order valence-electron chi connectivity index (χ4n) is 10.1. The predicted molar refractivity (Wildman–Crippen MR) is 253 cm³/mol. The Morgan fingerprint density at radius 2 is 1.13 bits per heavy atom. The number of pyridine rings is 2. The highest BCUT2D eigenvalue weighted by Crippen LogP contribution is 2.44. The van der Waals surface area contributed by atoms with E-state index in [4.69, 9.17) is 19.9 Å². The minimum Gasteiger partial charge on any atom is -0.310 e. The number of aromatic nitrogens is 7. The van der Waals surface area contributed by atoms with E-state index >= 15 is 0 Å². The zero-order valence-corrected chi connectivity index (χ0v) is 34.4. The smallest absolute Gasteiger partial charge is 0.166 e. The summed E-state index contributed by atoms with van der Waals surface area (Å²) in [6.45, 7) is 0. The molecule has 0 saturated heterocycles. The highest BCUT2D eigenvalue weighted by Gasteiger charge is 2.28. The molecule has 62 heavy (non-hydrogen) atoms. The van der Waals surface area contributed by atoms with Crippen molar-refractivity contribution in [2.24, 2.45) is 0 Å². The van der Waals surface area contributed by atoms with Gasteiger partial charge < -0.3 is 9.13 Å². The van der Waals surface area contributed by atoms with Crippen LogP contribution < -0.4 is 0 Å². The van der Waals surface area contributed by atoms with Crippen molar-refractivity contribution in [2.45, 2.75) is 51.4 Å². The lowest BCUT2D eigenvalue weighted by atomic mass is 9.90. The van der Waals surface area contributed by atoms with E-state index in [1.165, 1.54) is 51.6 Å². The summed E-state index contributed by atoms with van der Waals surface area (Å²) in [4.78, 5) is 25.8. The number of benzene rings is 4. The summed E-state index contributed by atoms with van der Waals surface area (Å²) in [5.41, 5.74) is 15.8. The van der Waals surface area contributed by atoms with Gasteiger partial charge in [-0.3, -0.25) is 9.97 Å². The second-order valence-electron chi connectivity index (χ2n) is 16.5. The number of para-hydroxylation sites is 3. The number of nitrogens with zero attached hydrogens (tertiary/aromatic N) is 7. The predicted octanol–water partition coefficient (Wildman–Crippen LogP) is 13.4. The zero-order chi connectivity index (χ0) is 41.0. The molecule has 0 saturated carbocycles. The molecule has 7 heteroatoms. The molecular formula is C55H43N7. The third kappa shape index (κ3) is 5.98. The average Bonchev–Trinajstić information content (AvgIpc) is 3.87. The topological polar surface area (TPSA) is 74.3 Å². The summed E-state index contributed by atoms with van der Waals surface area (Å²) in [5.74, 6) is 1.88. The molecule has 0 amide bonds. The molecule has 4 aromatic carbocycles. The van der Waals surface area contributed by atoms with Crippen LogP contribution in [0.15, 0.2) is 158 Å². The summed E-state index contributed by atoms with van der Waals surface area (Å²) >= 11 is 0. The van der Waals surface area contributed by atoms with Crippen LogP contribution in [0.2, 0.25) is 0 Å². The van der Waals surface area contributed by atoms with Gasteiger partial charge in [0.05, 0.1) is 40.3 Å². The molecule has 0 aliphatic heterocycles. The van der Waals surface area contributed by atoms with Crippen LogP contribution in [0.4, 0.5) is 0 Å². The molecule has 0 fully saturated rings. The van der Waals surface area contributed by atoms with Crippen molar-refractivity contribution >= 4 is 49.9 Å². The lowest BCUT2D eigenvalue weighted by molar-refractivity contribution is 0.741. The van der Waals surface area contributed by atoms with Crippen molar-refractivity contribution in [1.82, 2.24) is 34.1 Å². The highest BCUT2D eigenvalue weighted by molar-refractivity contribution is 6.10. The Labute approximate surface area is 360 Å². The molecular weight excluding hydrogens is 759 g/mol. The molecule has 0 unspecified atom stereocenters. The lowest BCUT2D eigenvalue weighted by Crippen LogP contribution is -2.10.